The number of hydrogen-bond donors (Lipinski definition) is 2. The molecule has 0 aliphatic carbocycles. The summed E-state index contributed by atoms with van der Waals surface area (Å²) in [5, 5.41) is 3.57. The molecule has 0 atom stereocenters. The van der Waals surface area contributed by atoms with Crippen LogP contribution in [0.25, 0.3) is 0 Å². The standard InChI is InChI=1S/C23H23ClN2O3/c24-18-9-7-17(8-10-18)16-29-20-13-11-19(12-14-20)26-23(27)6-3-15-28-22-5-2-1-4-21(22)25/h1-2,4-5,7-14H,3,6,15-16,25H2,(H,26,27). The fraction of sp³-hybridized carbons (Fsp3) is 0.174. The number of carbonyl (C=O) groups excluding carboxylic acids is 1. The van der Waals surface area contributed by atoms with E-state index in [0.717, 1.165) is 17.0 Å². The zero-order chi connectivity index (χ0) is 20.5. The Morgan fingerprint density at radius 1 is 0.931 bits per heavy atom. The predicted molar refractivity (Wildman–Crippen MR) is 116 cm³/mol. The van der Waals surface area contributed by atoms with Crippen molar-refractivity contribution in [3.05, 3.63) is 83.4 Å². The number of amides is 1. The van der Waals surface area contributed by atoms with E-state index in [1.165, 1.54) is 0 Å². The number of benzene rings is 3. The molecule has 0 aliphatic heterocycles. The molecule has 0 radical (unpaired) electrons. The fourth-order valence-electron chi connectivity index (χ4n) is 2.63. The minimum Gasteiger partial charge on any atom is -0.491 e. The van der Waals surface area contributed by atoms with E-state index in [1.54, 1.807) is 6.07 Å². The van der Waals surface area contributed by atoms with Gasteiger partial charge in [0, 0.05) is 17.1 Å². The van der Waals surface area contributed by atoms with E-state index in [9.17, 15) is 4.79 Å². The Balaban J connectivity index is 1.38. The zero-order valence-electron chi connectivity index (χ0n) is 15.9. The van der Waals surface area contributed by atoms with Gasteiger partial charge in [0.2, 0.25) is 5.91 Å². The second kappa shape index (κ2) is 10.4. The van der Waals surface area contributed by atoms with Crippen molar-refractivity contribution in [1.82, 2.24) is 0 Å². The molecule has 0 fully saturated rings. The molecule has 0 aliphatic rings. The van der Waals surface area contributed by atoms with Crippen LogP contribution in [-0.2, 0) is 11.4 Å². The summed E-state index contributed by atoms with van der Waals surface area (Å²) in [4.78, 5) is 12.1. The molecular weight excluding hydrogens is 388 g/mol. The zero-order valence-corrected chi connectivity index (χ0v) is 16.7. The number of anilines is 2. The number of hydrogen-bond acceptors (Lipinski definition) is 4. The maximum atomic E-state index is 12.1. The number of halogens is 1. The molecule has 150 valence electrons. The number of nitrogen functional groups attached to an aromatic ring is 1. The van der Waals surface area contributed by atoms with E-state index in [2.05, 4.69) is 5.32 Å². The van der Waals surface area contributed by atoms with Crippen LogP contribution in [0, 0.1) is 0 Å². The summed E-state index contributed by atoms with van der Waals surface area (Å²) < 4.78 is 11.3. The average molecular weight is 411 g/mol. The Bertz CT molecular complexity index is 928. The van der Waals surface area contributed by atoms with Crippen molar-refractivity contribution < 1.29 is 14.3 Å². The van der Waals surface area contributed by atoms with Crippen LogP contribution in [0.2, 0.25) is 5.02 Å². The molecule has 3 N–H and O–H groups in total. The predicted octanol–water partition coefficient (Wildman–Crippen LogP) is 5.30. The number of nitrogens with two attached hydrogens (primary N) is 1. The van der Waals surface area contributed by atoms with Gasteiger partial charge in [-0.2, -0.15) is 0 Å². The van der Waals surface area contributed by atoms with Gasteiger partial charge < -0.3 is 20.5 Å². The Kier molecular flexibility index (Phi) is 7.36. The minimum absolute atomic E-state index is 0.0653. The Hall–Kier alpha value is -3.18. The molecule has 0 heterocycles. The summed E-state index contributed by atoms with van der Waals surface area (Å²) in [6, 6.07) is 22.1. The first-order chi connectivity index (χ1) is 14.1. The van der Waals surface area contributed by atoms with Gasteiger partial charge in [-0.15, -0.1) is 0 Å². The first-order valence-electron chi connectivity index (χ1n) is 9.34. The van der Waals surface area contributed by atoms with Crippen molar-refractivity contribution >= 4 is 28.9 Å². The fourth-order valence-corrected chi connectivity index (χ4v) is 2.76. The molecule has 0 saturated heterocycles. The highest BCUT2D eigenvalue weighted by Gasteiger charge is 2.04. The van der Waals surface area contributed by atoms with Gasteiger partial charge in [-0.25, -0.2) is 0 Å². The molecule has 3 rings (SSSR count). The van der Waals surface area contributed by atoms with Crippen LogP contribution in [-0.4, -0.2) is 12.5 Å². The second-order valence-electron chi connectivity index (χ2n) is 6.48. The number of ether oxygens (including phenoxy) is 2. The van der Waals surface area contributed by atoms with Crippen LogP contribution in [0.1, 0.15) is 18.4 Å². The lowest BCUT2D eigenvalue weighted by atomic mass is 10.2. The highest BCUT2D eigenvalue weighted by Crippen LogP contribution is 2.20. The summed E-state index contributed by atoms with van der Waals surface area (Å²) in [5.41, 5.74) is 8.17. The molecule has 0 bridgehead atoms. The van der Waals surface area contributed by atoms with Crippen LogP contribution in [0.5, 0.6) is 11.5 Å². The molecule has 1 amide bonds. The summed E-state index contributed by atoms with van der Waals surface area (Å²) in [6.07, 6.45) is 0.962. The van der Waals surface area contributed by atoms with Gasteiger partial charge in [0.15, 0.2) is 0 Å². The quantitative estimate of drug-likeness (QED) is 0.371. The largest absolute Gasteiger partial charge is 0.491 e. The monoisotopic (exact) mass is 410 g/mol. The maximum Gasteiger partial charge on any atom is 0.224 e. The lowest BCUT2D eigenvalue weighted by Crippen LogP contribution is -2.13. The number of para-hydroxylation sites is 2. The molecule has 5 nitrogen and oxygen atoms in total. The van der Waals surface area contributed by atoms with Gasteiger partial charge in [-0.05, 0) is 60.5 Å². The molecule has 29 heavy (non-hydrogen) atoms. The Labute approximate surface area is 175 Å². The van der Waals surface area contributed by atoms with Gasteiger partial charge in [0.1, 0.15) is 18.1 Å². The highest BCUT2D eigenvalue weighted by molar-refractivity contribution is 6.30. The van der Waals surface area contributed by atoms with Gasteiger partial charge >= 0.3 is 0 Å². The lowest BCUT2D eigenvalue weighted by molar-refractivity contribution is -0.116. The van der Waals surface area contributed by atoms with Crippen molar-refractivity contribution in [2.45, 2.75) is 19.4 Å². The minimum atomic E-state index is -0.0653. The van der Waals surface area contributed by atoms with Crippen LogP contribution in [0.4, 0.5) is 11.4 Å². The van der Waals surface area contributed by atoms with Crippen LogP contribution in [0.3, 0.4) is 0 Å². The molecule has 0 spiro atoms. The van der Waals surface area contributed by atoms with Crippen molar-refractivity contribution in [3.63, 3.8) is 0 Å². The van der Waals surface area contributed by atoms with Gasteiger partial charge in [0.05, 0.1) is 12.3 Å². The number of carbonyl (C=O) groups is 1. The number of rotatable bonds is 9. The normalized spacial score (nSPS) is 10.4. The molecular formula is C23H23ClN2O3. The van der Waals surface area contributed by atoms with E-state index >= 15 is 0 Å². The maximum absolute atomic E-state index is 12.1. The average Bonchev–Trinajstić information content (AvgIpc) is 2.73. The van der Waals surface area contributed by atoms with Gasteiger partial charge in [-0.1, -0.05) is 35.9 Å². The van der Waals surface area contributed by atoms with Crippen molar-refractivity contribution in [2.24, 2.45) is 0 Å². The number of nitrogens with one attached hydrogen (secondary N) is 1. The van der Waals surface area contributed by atoms with Gasteiger partial charge in [-0.3, -0.25) is 4.79 Å². The third-order valence-corrected chi connectivity index (χ3v) is 4.43. The SMILES string of the molecule is Nc1ccccc1OCCCC(=O)Nc1ccc(OCc2ccc(Cl)cc2)cc1. The molecule has 0 aromatic heterocycles. The van der Waals surface area contributed by atoms with Crippen molar-refractivity contribution in [3.8, 4) is 11.5 Å². The Morgan fingerprint density at radius 2 is 1.66 bits per heavy atom. The first kappa shape index (κ1) is 20.6. The Morgan fingerprint density at radius 3 is 2.38 bits per heavy atom. The van der Waals surface area contributed by atoms with Gasteiger partial charge in [0.25, 0.3) is 0 Å². The molecule has 0 unspecified atom stereocenters. The molecule has 3 aromatic rings. The first-order valence-corrected chi connectivity index (χ1v) is 9.72. The molecule has 0 saturated carbocycles. The summed E-state index contributed by atoms with van der Waals surface area (Å²) in [7, 11) is 0. The van der Waals surface area contributed by atoms with E-state index in [0.29, 0.717) is 42.5 Å². The van der Waals surface area contributed by atoms with Crippen LogP contribution >= 0.6 is 11.6 Å². The van der Waals surface area contributed by atoms with E-state index in [4.69, 9.17) is 26.8 Å². The topological polar surface area (TPSA) is 73.6 Å². The van der Waals surface area contributed by atoms with Crippen LogP contribution in [0.15, 0.2) is 72.8 Å². The summed E-state index contributed by atoms with van der Waals surface area (Å²) >= 11 is 5.87. The van der Waals surface area contributed by atoms with E-state index in [1.807, 2.05) is 66.7 Å². The summed E-state index contributed by atoms with van der Waals surface area (Å²) in [6.45, 7) is 0.883. The van der Waals surface area contributed by atoms with E-state index in [-0.39, 0.29) is 5.91 Å². The third kappa shape index (κ3) is 6.73. The van der Waals surface area contributed by atoms with Crippen molar-refractivity contribution in [1.29, 1.82) is 0 Å². The highest BCUT2D eigenvalue weighted by atomic mass is 35.5. The molecule has 6 heteroatoms. The van der Waals surface area contributed by atoms with E-state index < -0.39 is 0 Å². The lowest BCUT2D eigenvalue weighted by Gasteiger charge is -2.10. The molecule has 3 aromatic carbocycles. The second-order valence-corrected chi connectivity index (χ2v) is 6.91. The van der Waals surface area contributed by atoms with Crippen molar-refractivity contribution in [2.75, 3.05) is 17.7 Å². The smallest absolute Gasteiger partial charge is 0.224 e. The third-order valence-electron chi connectivity index (χ3n) is 4.18. The van der Waals surface area contributed by atoms with Crippen LogP contribution < -0.4 is 20.5 Å². The summed E-state index contributed by atoms with van der Waals surface area (Å²) in [5.74, 6) is 1.30.